The van der Waals surface area contributed by atoms with E-state index in [0.29, 0.717) is 11.7 Å². The number of hydrogen-bond acceptors (Lipinski definition) is 5. The quantitative estimate of drug-likeness (QED) is 0.858. The smallest absolute Gasteiger partial charge is 0.274 e. The number of rotatable bonds is 4. The highest BCUT2D eigenvalue weighted by Gasteiger charge is 2.27. The molecule has 0 bridgehead atoms. The van der Waals surface area contributed by atoms with Crippen LogP contribution in [-0.2, 0) is 13.6 Å². The molecule has 0 radical (unpaired) electrons. The van der Waals surface area contributed by atoms with E-state index in [1.54, 1.807) is 16.0 Å². The maximum absolute atomic E-state index is 12.6. The number of likely N-dealkylation sites (tertiary alicyclic amines) is 1. The Morgan fingerprint density at radius 1 is 1.43 bits per heavy atom. The molecule has 3 rings (SSSR count). The average Bonchev–Trinajstić information content (AvgIpc) is 3.17. The van der Waals surface area contributed by atoms with Crippen molar-refractivity contribution in [3.8, 4) is 0 Å². The minimum absolute atomic E-state index is 0.0228. The van der Waals surface area contributed by atoms with Gasteiger partial charge in [-0.2, -0.15) is 5.10 Å². The Labute approximate surface area is 140 Å². The van der Waals surface area contributed by atoms with Gasteiger partial charge in [0.2, 0.25) is 0 Å². The van der Waals surface area contributed by atoms with Crippen molar-refractivity contribution < 1.29 is 4.79 Å². The lowest BCUT2D eigenvalue weighted by molar-refractivity contribution is 0.0631. The molecule has 3 heterocycles. The molecule has 1 aliphatic rings. The van der Waals surface area contributed by atoms with Gasteiger partial charge < -0.3 is 4.90 Å². The fourth-order valence-corrected chi connectivity index (χ4v) is 3.65. The van der Waals surface area contributed by atoms with Crippen LogP contribution in [0.4, 0.5) is 0 Å². The van der Waals surface area contributed by atoms with Crippen LogP contribution in [0.1, 0.15) is 33.9 Å². The molecule has 1 amide bonds. The predicted molar refractivity (Wildman–Crippen MR) is 90.5 cm³/mol. The van der Waals surface area contributed by atoms with Gasteiger partial charge in [0.05, 0.1) is 5.51 Å². The number of carbonyl (C=O) groups is 1. The van der Waals surface area contributed by atoms with Crippen molar-refractivity contribution >= 4 is 17.2 Å². The van der Waals surface area contributed by atoms with E-state index in [4.69, 9.17) is 0 Å². The fourth-order valence-electron chi connectivity index (χ4n) is 3.02. The van der Waals surface area contributed by atoms with Crippen LogP contribution in [0.5, 0.6) is 0 Å². The molecule has 2 aromatic heterocycles. The Kier molecular flexibility index (Phi) is 4.77. The van der Waals surface area contributed by atoms with Gasteiger partial charge in [0.25, 0.3) is 5.91 Å². The Morgan fingerprint density at radius 3 is 2.74 bits per heavy atom. The Balaban J connectivity index is 1.55. The first-order valence-electron chi connectivity index (χ1n) is 7.92. The maximum atomic E-state index is 12.6. The lowest BCUT2D eigenvalue weighted by Gasteiger charge is -2.36. The number of aromatic nitrogens is 3. The SMILES string of the molecule is Cc1cc(C(=O)N(C)C2CCN(Cc3cncs3)CC2)nn1C. The van der Waals surface area contributed by atoms with E-state index in [1.165, 1.54) is 4.88 Å². The number of aryl methyl sites for hydroxylation is 2. The van der Waals surface area contributed by atoms with Crippen LogP contribution in [0.3, 0.4) is 0 Å². The van der Waals surface area contributed by atoms with Crippen molar-refractivity contribution in [2.75, 3.05) is 20.1 Å². The number of nitrogens with zero attached hydrogens (tertiary/aromatic N) is 5. The van der Waals surface area contributed by atoms with Crippen molar-refractivity contribution in [1.82, 2.24) is 24.6 Å². The van der Waals surface area contributed by atoms with Crippen molar-refractivity contribution in [3.63, 3.8) is 0 Å². The molecule has 0 aromatic carbocycles. The molecule has 0 saturated carbocycles. The van der Waals surface area contributed by atoms with E-state index < -0.39 is 0 Å². The fraction of sp³-hybridized carbons (Fsp3) is 0.562. The van der Waals surface area contributed by atoms with Crippen LogP contribution in [0.25, 0.3) is 0 Å². The van der Waals surface area contributed by atoms with Crippen molar-refractivity contribution in [2.45, 2.75) is 32.4 Å². The van der Waals surface area contributed by atoms with Gasteiger partial charge in [0, 0.05) is 56.5 Å². The van der Waals surface area contributed by atoms with Crippen LogP contribution >= 0.6 is 11.3 Å². The van der Waals surface area contributed by atoms with Gasteiger partial charge in [-0.3, -0.25) is 19.4 Å². The molecule has 23 heavy (non-hydrogen) atoms. The molecule has 1 fully saturated rings. The third kappa shape index (κ3) is 3.61. The normalized spacial score (nSPS) is 16.7. The minimum atomic E-state index is 0.0228. The molecule has 0 spiro atoms. The van der Waals surface area contributed by atoms with Crippen LogP contribution in [0.15, 0.2) is 17.8 Å². The molecule has 0 aliphatic carbocycles. The topological polar surface area (TPSA) is 54.3 Å². The monoisotopic (exact) mass is 333 g/mol. The molecule has 0 N–H and O–H groups in total. The van der Waals surface area contributed by atoms with Gasteiger partial charge in [-0.1, -0.05) is 0 Å². The lowest BCUT2D eigenvalue weighted by Crippen LogP contribution is -2.45. The van der Waals surface area contributed by atoms with Gasteiger partial charge in [-0.25, -0.2) is 0 Å². The van der Waals surface area contributed by atoms with E-state index in [9.17, 15) is 4.79 Å². The molecule has 1 aliphatic heterocycles. The highest BCUT2D eigenvalue weighted by atomic mass is 32.1. The summed E-state index contributed by atoms with van der Waals surface area (Å²) in [6.07, 6.45) is 3.95. The van der Waals surface area contributed by atoms with Gasteiger partial charge in [0.15, 0.2) is 5.69 Å². The van der Waals surface area contributed by atoms with Gasteiger partial charge in [-0.15, -0.1) is 11.3 Å². The van der Waals surface area contributed by atoms with Crippen LogP contribution in [0, 0.1) is 6.92 Å². The third-order valence-corrected chi connectivity index (χ3v) is 5.39. The van der Waals surface area contributed by atoms with Gasteiger partial charge in [-0.05, 0) is 25.8 Å². The Bertz CT molecular complexity index is 639. The van der Waals surface area contributed by atoms with Crippen molar-refractivity contribution in [3.05, 3.63) is 34.0 Å². The zero-order chi connectivity index (χ0) is 16.4. The number of carbonyl (C=O) groups excluding carboxylic acids is 1. The summed E-state index contributed by atoms with van der Waals surface area (Å²) in [5.41, 5.74) is 3.42. The molecule has 0 unspecified atom stereocenters. The van der Waals surface area contributed by atoms with E-state index >= 15 is 0 Å². The van der Waals surface area contributed by atoms with Gasteiger partial charge in [0.1, 0.15) is 0 Å². The largest absolute Gasteiger partial charge is 0.337 e. The predicted octanol–water partition coefficient (Wildman–Crippen LogP) is 1.92. The second-order valence-electron chi connectivity index (χ2n) is 6.19. The zero-order valence-corrected chi connectivity index (χ0v) is 14.7. The van der Waals surface area contributed by atoms with E-state index in [2.05, 4.69) is 15.0 Å². The van der Waals surface area contributed by atoms with E-state index in [-0.39, 0.29) is 5.91 Å². The first-order valence-corrected chi connectivity index (χ1v) is 8.80. The summed E-state index contributed by atoms with van der Waals surface area (Å²) >= 11 is 1.70. The molecule has 7 heteroatoms. The summed E-state index contributed by atoms with van der Waals surface area (Å²) in [6.45, 7) is 4.96. The summed E-state index contributed by atoms with van der Waals surface area (Å²) in [5, 5.41) is 4.30. The first-order chi connectivity index (χ1) is 11.0. The number of hydrogen-bond donors (Lipinski definition) is 0. The molecular formula is C16H23N5OS. The number of amides is 1. The molecular weight excluding hydrogens is 310 g/mol. The summed E-state index contributed by atoms with van der Waals surface area (Å²) in [7, 11) is 3.76. The second-order valence-corrected chi connectivity index (χ2v) is 7.16. The summed E-state index contributed by atoms with van der Waals surface area (Å²) < 4.78 is 1.75. The van der Waals surface area contributed by atoms with Crippen LogP contribution in [-0.4, -0.2) is 56.7 Å². The molecule has 0 atom stereocenters. The number of piperidine rings is 1. The highest BCUT2D eigenvalue weighted by Crippen LogP contribution is 2.20. The first kappa shape index (κ1) is 16.1. The Morgan fingerprint density at radius 2 is 2.17 bits per heavy atom. The van der Waals surface area contributed by atoms with E-state index in [0.717, 1.165) is 38.2 Å². The summed E-state index contributed by atoms with van der Waals surface area (Å²) in [6, 6.07) is 2.15. The standard InChI is InChI=1S/C16H23N5OS/c1-12-8-15(18-20(12)3)16(22)19(2)13-4-6-21(7-5-13)10-14-9-17-11-23-14/h8-9,11,13H,4-7,10H2,1-3H3. The third-order valence-electron chi connectivity index (χ3n) is 4.62. The highest BCUT2D eigenvalue weighted by molar-refractivity contribution is 7.09. The molecule has 6 nitrogen and oxygen atoms in total. The maximum Gasteiger partial charge on any atom is 0.274 e. The summed E-state index contributed by atoms with van der Waals surface area (Å²) in [5.74, 6) is 0.0228. The zero-order valence-electron chi connectivity index (χ0n) is 13.9. The summed E-state index contributed by atoms with van der Waals surface area (Å²) in [4.78, 5) is 22.3. The van der Waals surface area contributed by atoms with Gasteiger partial charge >= 0.3 is 0 Å². The second kappa shape index (κ2) is 6.80. The minimum Gasteiger partial charge on any atom is -0.337 e. The van der Waals surface area contributed by atoms with Crippen molar-refractivity contribution in [2.24, 2.45) is 7.05 Å². The van der Waals surface area contributed by atoms with E-state index in [1.807, 2.05) is 43.7 Å². The lowest BCUT2D eigenvalue weighted by atomic mass is 10.0. The molecule has 124 valence electrons. The number of thiazole rings is 1. The average molecular weight is 333 g/mol. The van der Waals surface area contributed by atoms with Crippen molar-refractivity contribution in [1.29, 1.82) is 0 Å². The van der Waals surface area contributed by atoms with Crippen LogP contribution < -0.4 is 0 Å². The van der Waals surface area contributed by atoms with Crippen LogP contribution in [0.2, 0.25) is 0 Å². The molecule has 1 saturated heterocycles. The molecule has 2 aromatic rings. The Hall–Kier alpha value is -1.73.